The standard InChI is InChI=1S/C14H19Br2NO/c1-3-11(6-7-15)9-17-14(18)12-4-5-13(16)10(2)8-12/h4-5,8,11H,3,6-7,9H2,1-2H3,(H,17,18). The predicted molar refractivity (Wildman–Crippen MR) is 83.4 cm³/mol. The number of alkyl halides is 1. The zero-order valence-corrected chi connectivity index (χ0v) is 14.0. The number of benzene rings is 1. The highest BCUT2D eigenvalue weighted by atomic mass is 79.9. The summed E-state index contributed by atoms with van der Waals surface area (Å²) >= 11 is 6.88. The fourth-order valence-electron chi connectivity index (χ4n) is 1.73. The Labute approximate surface area is 126 Å². The topological polar surface area (TPSA) is 29.1 Å². The van der Waals surface area contributed by atoms with Crippen LogP contribution in [0.1, 0.15) is 35.7 Å². The summed E-state index contributed by atoms with van der Waals surface area (Å²) in [5.41, 5.74) is 1.81. The molecule has 0 heterocycles. The molecule has 0 aliphatic rings. The van der Waals surface area contributed by atoms with E-state index in [4.69, 9.17) is 0 Å². The van der Waals surface area contributed by atoms with Crippen molar-refractivity contribution in [3.63, 3.8) is 0 Å². The van der Waals surface area contributed by atoms with Crippen molar-refractivity contribution in [1.29, 1.82) is 0 Å². The maximum absolute atomic E-state index is 12.0. The van der Waals surface area contributed by atoms with Crippen LogP contribution in [0.2, 0.25) is 0 Å². The molecule has 1 rings (SSSR count). The van der Waals surface area contributed by atoms with Crippen LogP contribution in [0, 0.1) is 12.8 Å². The number of amides is 1. The average molecular weight is 377 g/mol. The van der Waals surface area contributed by atoms with Gasteiger partial charge in [0, 0.05) is 21.9 Å². The van der Waals surface area contributed by atoms with E-state index in [1.807, 2.05) is 25.1 Å². The van der Waals surface area contributed by atoms with Crippen LogP contribution in [-0.4, -0.2) is 17.8 Å². The lowest BCUT2D eigenvalue weighted by atomic mass is 10.0. The molecule has 1 unspecified atom stereocenters. The zero-order valence-electron chi connectivity index (χ0n) is 10.8. The summed E-state index contributed by atoms with van der Waals surface area (Å²) in [4.78, 5) is 12.0. The summed E-state index contributed by atoms with van der Waals surface area (Å²) in [6, 6.07) is 5.67. The maximum Gasteiger partial charge on any atom is 0.251 e. The molecule has 18 heavy (non-hydrogen) atoms. The Morgan fingerprint density at radius 1 is 1.44 bits per heavy atom. The Bertz CT molecular complexity index is 407. The number of carbonyl (C=O) groups is 1. The van der Waals surface area contributed by atoms with Gasteiger partial charge in [-0.1, -0.05) is 45.2 Å². The van der Waals surface area contributed by atoms with E-state index in [0.717, 1.165) is 40.3 Å². The first-order chi connectivity index (χ1) is 8.58. The summed E-state index contributed by atoms with van der Waals surface area (Å²) in [6.45, 7) is 4.89. The molecule has 0 bridgehead atoms. The Kier molecular flexibility index (Phi) is 6.94. The third-order valence-corrected chi connectivity index (χ3v) is 4.41. The molecule has 1 N–H and O–H groups in total. The van der Waals surface area contributed by atoms with E-state index < -0.39 is 0 Å². The van der Waals surface area contributed by atoms with Crippen molar-refractivity contribution < 1.29 is 4.79 Å². The highest BCUT2D eigenvalue weighted by Gasteiger charge is 2.10. The molecule has 0 saturated heterocycles. The van der Waals surface area contributed by atoms with Crippen molar-refractivity contribution in [3.05, 3.63) is 33.8 Å². The van der Waals surface area contributed by atoms with Gasteiger partial charge in [0.25, 0.3) is 5.91 Å². The summed E-state index contributed by atoms with van der Waals surface area (Å²) in [5, 5.41) is 3.99. The van der Waals surface area contributed by atoms with Crippen LogP contribution >= 0.6 is 31.9 Å². The molecule has 0 aliphatic heterocycles. The van der Waals surface area contributed by atoms with Crippen LogP contribution < -0.4 is 5.32 Å². The fourth-order valence-corrected chi connectivity index (χ4v) is 2.62. The highest BCUT2D eigenvalue weighted by molar-refractivity contribution is 9.10. The SMILES string of the molecule is CCC(CCBr)CNC(=O)c1ccc(Br)c(C)c1. The van der Waals surface area contributed by atoms with E-state index in [-0.39, 0.29) is 5.91 Å². The van der Waals surface area contributed by atoms with E-state index in [0.29, 0.717) is 5.92 Å². The lowest BCUT2D eigenvalue weighted by Gasteiger charge is -2.14. The van der Waals surface area contributed by atoms with Crippen LogP contribution in [0.15, 0.2) is 22.7 Å². The van der Waals surface area contributed by atoms with Crippen LogP contribution in [0.25, 0.3) is 0 Å². The molecule has 1 aromatic carbocycles. The normalized spacial score (nSPS) is 12.2. The molecular weight excluding hydrogens is 358 g/mol. The first-order valence-electron chi connectivity index (χ1n) is 6.18. The summed E-state index contributed by atoms with van der Waals surface area (Å²) in [6.07, 6.45) is 2.18. The van der Waals surface area contributed by atoms with E-state index in [2.05, 4.69) is 44.1 Å². The molecular formula is C14H19Br2NO. The molecule has 0 aromatic heterocycles. The number of hydrogen-bond acceptors (Lipinski definition) is 1. The van der Waals surface area contributed by atoms with Crippen molar-refractivity contribution >= 4 is 37.8 Å². The van der Waals surface area contributed by atoms with Crippen molar-refractivity contribution in [2.75, 3.05) is 11.9 Å². The maximum atomic E-state index is 12.0. The van der Waals surface area contributed by atoms with Crippen molar-refractivity contribution in [3.8, 4) is 0 Å². The van der Waals surface area contributed by atoms with Gasteiger partial charge in [-0.25, -0.2) is 0 Å². The number of halogens is 2. The smallest absolute Gasteiger partial charge is 0.251 e. The van der Waals surface area contributed by atoms with Crippen molar-refractivity contribution in [2.45, 2.75) is 26.7 Å². The second-order valence-corrected chi connectivity index (χ2v) is 6.07. The van der Waals surface area contributed by atoms with Crippen LogP contribution in [-0.2, 0) is 0 Å². The molecule has 0 radical (unpaired) electrons. The van der Waals surface area contributed by atoms with Gasteiger partial charge < -0.3 is 5.32 Å². The van der Waals surface area contributed by atoms with Crippen LogP contribution in [0.3, 0.4) is 0 Å². The molecule has 0 spiro atoms. The monoisotopic (exact) mass is 375 g/mol. The van der Waals surface area contributed by atoms with Gasteiger partial charge in [0.2, 0.25) is 0 Å². The molecule has 1 aromatic rings. The molecule has 0 fully saturated rings. The number of nitrogens with one attached hydrogen (secondary N) is 1. The molecule has 4 heteroatoms. The van der Waals surface area contributed by atoms with Crippen molar-refractivity contribution in [2.24, 2.45) is 5.92 Å². The molecule has 2 nitrogen and oxygen atoms in total. The lowest BCUT2D eigenvalue weighted by molar-refractivity contribution is 0.0946. The third-order valence-electron chi connectivity index (χ3n) is 3.07. The van der Waals surface area contributed by atoms with E-state index >= 15 is 0 Å². The minimum atomic E-state index is 0.0126. The fraction of sp³-hybridized carbons (Fsp3) is 0.500. The second kappa shape index (κ2) is 7.95. The third kappa shape index (κ3) is 4.73. The largest absolute Gasteiger partial charge is 0.352 e. The van der Waals surface area contributed by atoms with Gasteiger partial charge in [0.05, 0.1) is 0 Å². The zero-order chi connectivity index (χ0) is 13.5. The number of carbonyl (C=O) groups excluding carboxylic acids is 1. The summed E-state index contributed by atoms with van der Waals surface area (Å²) in [7, 11) is 0. The molecule has 1 amide bonds. The van der Waals surface area contributed by atoms with E-state index in [1.165, 1.54) is 0 Å². The number of rotatable bonds is 6. The first-order valence-corrected chi connectivity index (χ1v) is 8.10. The Morgan fingerprint density at radius 2 is 2.17 bits per heavy atom. The summed E-state index contributed by atoms with van der Waals surface area (Å²) in [5.74, 6) is 0.559. The Morgan fingerprint density at radius 3 is 2.72 bits per heavy atom. The number of hydrogen-bond donors (Lipinski definition) is 1. The minimum Gasteiger partial charge on any atom is -0.352 e. The van der Waals surface area contributed by atoms with E-state index in [1.54, 1.807) is 0 Å². The van der Waals surface area contributed by atoms with E-state index in [9.17, 15) is 4.79 Å². The first kappa shape index (κ1) is 15.7. The second-order valence-electron chi connectivity index (χ2n) is 4.43. The van der Waals surface area contributed by atoms with Gasteiger partial charge >= 0.3 is 0 Å². The molecule has 0 saturated carbocycles. The van der Waals surface area contributed by atoms with Gasteiger partial charge in [-0.3, -0.25) is 4.79 Å². The molecule has 0 aliphatic carbocycles. The van der Waals surface area contributed by atoms with Gasteiger partial charge in [0.15, 0.2) is 0 Å². The molecule has 100 valence electrons. The quantitative estimate of drug-likeness (QED) is 0.737. The van der Waals surface area contributed by atoms with Gasteiger partial charge in [-0.05, 0) is 43.0 Å². The Balaban J connectivity index is 2.57. The number of aryl methyl sites for hydroxylation is 1. The predicted octanol–water partition coefficient (Wildman–Crippen LogP) is 4.30. The average Bonchev–Trinajstić information content (AvgIpc) is 2.37. The van der Waals surface area contributed by atoms with Crippen molar-refractivity contribution in [1.82, 2.24) is 5.32 Å². The minimum absolute atomic E-state index is 0.0126. The molecule has 1 atom stereocenters. The van der Waals surface area contributed by atoms with Crippen LogP contribution in [0.5, 0.6) is 0 Å². The van der Waals surface area contributed by atoms with Crippen LogP contribution in [0.4, 0.5) is 0 Å². The van der Waals surface area contributed by atoms with Gasteiger partial charge in [-0.2, -0.15) is 0 Å². The Hall–Kier alpha value is -0.350. The lowest BCUT2D eigenvalue weighted by Crippen LogP contribution is -2.29. The van der Waals surface area contributed by atoms with Gasteiger partial charge in [0.1, 0.15) is 0 Å². The highest BCUT2D eigenvalue weighted by Crippen LogP contribution is 2.17. The summed E-state index contributed by atoms with van der Waals surface area (Å²) < 4.78 is 1.03. The van der Waals surface area contributed by atoms with Gasteiger partial charge in [-0.15, -0.1) is 0 Å².